The summed E-state index contributed by atoms with van der Waals surface area (Å²) in [7, 11) is -2.69. The van der Waals surface area contributed by atoms with E-state index in [0.717, 1.165) is 37.7 Å². The third kappa shape index (κ3) is 5.50. The third-order valence-electron chi connectivity index (χ3n) is 7.39. The Kier molecular flexibility index (Phi) is 7.75. The van der Waals surface area contributed by atoms with Crippen LogP contribution in [0.2, 0.25) is 0 Å². The Morgan fingerprint density at radius 1 is 1.30 bits per heavy atom. The van der Waals surface area contributed by atoms with Crippen molar-refractivity contribution in [3.05, 3.63) is 51.6 Å². The molecule has 1 saturated carbocycles. The zero-order valence-corrected chi connectivity index (χ0v) is 22.3. The molecule has 2 aromatic rings. The van der Waals surface area contributed by atoms with Crippen LogP contribution in [0.25, 0.3) is 0 Å². The van der Waals surface area contributed by atoms with Crippen LogP contribution in [-0.2, 0) is 24.8 Å². The second kappa shape index (κ2) is 10.9. The maximum atomic E-state index is 13.6. The molecule has 2 aliphatic carbocycles. The van der Waals surface area contributed by atoms with E-state index in [1.807, 2.05) is 11.4 Å². The lowest BCUT2D eigenvalue weighted by molar-refractivity contribution is 0.0285. The fourth-order valence-corrected chi connectivity index (χ4v) is 7.08. The molecule has 12 heteroatoms. The monoisotopic (exact) mass is 548 g/mol. The van der Waals surface area contributed by atoms with E-state index in [0.29, 0.717) is 22.9 Å². The fraction of sp³-hybridized carbons (Fsp3) is 0.560. The van der Waals surface area contributed by atoms with E-state index >= 15 is 0 Å². The largest absolute Gasteiger partial charge is 0.390 e. The van der Waals surface area contributed by atoms with Crippen molar-refractivity contribution in [2.24, 2.45) is 0 Å². The van der Waals surface area contributed by atoms with E-state index in [1.54, 1.807) is 0 Å². The van der Waals surface area contributed by atoms with Gasteiger partial charge in [0, 0.05) is 25.9 Å². The fourth-order valence-electron chi connectivity index (χ4n) is 5.52. The number of nitrogens with zero attached hydrogens (tertiary/aromatic N) is 2. The predicted molar refractivity (Wildman–Crippen MR) is 139 cm³/mol. The van der Waals surface area contributed by atoms with Crippen molar-refractivity contribution < 1.29 is 27.2 Å². The van der Waals surface area contributed by atoms with Crippen LogP contribution < -0.4 is 10.0 Å². The molecule has 0 radical (unpaired) electrons. The van der Waals surface area contributed by atoms with Crippen LogP contribution in [0, 0.1) is 0 Å². The van der Waals surface area contributed by atoms with Gasteiger partial charge < -0.3 is 15.2 Å². The maximum absolute atomic E-state index is 13.6. The summed E-state index contributed by atoms with van der Waals surface area (Å²) < 4.78 is 37.0. The Morgan fingerprint density at radius 2 is 2.16 bits per heavy atom. The Morgan fingerprint density at radius 3 is 2.89 bits per heavy atom. The van der Waals surface area contributed by atoms with Gasteiger partial charge in [0.15, 0.2) is 0 Å². The van der Waals surface area contributed by atoms with E-state index in [1.165, 1.54) is 42.9 Å². The topological polar surface area (TPSA) is 140 Å². The molecule has 200 valence electrons. The Balaban J connectivity index is 1.34. The van der Waals surface area contributed by atoms with Gasteiger partial charge in [-0.2, -0.15) is 13.1 Å². The molecule has 2 aromatic heterocycles. The van der Waals surface area contributed by atoms with Crippen molar-refractivity contribution in [2.45, 2.75) is 75.2 Å². The van der Waals surface area contributed by atoms with Crippen LogP contribution in [0.15, 0.2) is 35.6 Å². The molecule has 0 unspecified atom stereocenters. The molecule has 1 saturated heterocycles. The molecular weight excluding hydrogens is 516 g/mol. The van der Waals surface area contributed by atoms with Gasteiger partial charge in [0.05, 0.1) is 16.5 Å². The van der Waals surface area contributed by atoms with Gasteiger partial charge in [-0.15, -0.1) is 11.3 Å². The van der Waals surface area contributed by atoms with Crippen LogP contribution in [-0.4, -0.2) is 61.2 Å². The molecule has 3 aliphatic rings. The number of aliphatic hydroxyl groups excluding tert-OH is 1. The quantitative estimate of drug-likeness (QED) is 0.319. The third-order valence-corrected chi connectivity index (χ3v) is 9.32. The van der Waals surface area contributed by atoms with Gasteiger partial charge in [-0.25, -0.2) is 9.97 Å². The minimum atomic E-state index is -3.94. The molecule has 0 bridgehead atoms. The smallest absolute Gasteiger partial charge is 0.335 e. The first-order valence-electron chi connectivity index (χ1n) is 12.6. The van der Waals surface area contributed by atoms with E-state index in [4.69, 9.17) is 8.92 Å². The molecule has 1 aliphatic heterocycles. The summed E-state index contributed by atoms with van der Waals surface area (Å²) in [6, 6.07) is 1.61. The number of aliphatic hydroxyl groups is 1. The predicted octanol–water partition coefficient (Wildman–Crippen LogP) is 3.06. The molecule has 4 atom stereocenters. The maximum Gasteiger partial charge on any atom is 0.335 e. The van der Waals surface area contributed by atoms with Gasteiger partial charge in [-0.05, 0) is 73.9 Å². The average molecular weight is 549 g/mol. The first kappa shape index (κ1) is 26.4. The molecule has 0 amide bonds. The summed E-state index contributed by atoms with van der Waals surface area (Å²) in [6.45, 7) is 0.713. The van der Waals surface area contributed by atoms with Crippen molar-refractivity contribution in [3.63, 3.8) is 0 Å². The number of rotatable bonds is 9. The lowest BCUT2D eigenvalue weighted by Gasteiger charge is -2.33. The number of ether oxygens (including phenoxy) is 1. The van der Waals surface area contributed by atoms with Crippen LogP contribution in [0.5, 0.6) is 0 Å². The number of ketones is 1. The van der Waals surface area contributed by atoms with Crippen molar-refractivity contribution >= 4 is 33.2 Å². The molecule has 3 N–H and O–H groups in total. The zero-order chi connectivity index (χ0) is 26.0. The van der Waals surface area contributed by atoms with Crippen molar-refractivity contribution in [3.8, 4) is 0 Å². The summed E-state index contributed by atoms with van der Waals surface area (Å²) in [5, 5.41) is 15.5. The van der Waals surface area contributed by atoms with E-state index < -0.39 is 28.1 Å². The van der Waals surface area contributed by atoms with Gasteiger partial charge in [0.1, 0.15) is 23.9 Å². The van der Waals surface area contributed by atoms with Crippen LogP contribution in [0.4, 0.5) is 5.82 Å². The van der Waals surface area contributed by atoms with Crippen molar-refractivity contribution in [1.29, 1.82) is 0 Å². The number of carbonyl (C=O) groups excluding carboxylic acids is 1. The number of anilines is 1. The number of nitrogens with one attached hydrogen (secondary N) is 2. The molecule has 3 heterocycles. The molecule has 2 fully saturated rings. The van der Waals surface area contributed by atoms with Gasteiger partial charge in [0.25, 0.3) is 0 Å². The van der Waals surface area contributed by atoms with E-state index in [-0.39, 0.29) is 24.7 Å². The number of aromatic nitrogens is 2. The molecule has 5 rings (SSSR count). The summed E-state index contributed by atoms with van der Waals surface area (Å²) in [5.41, 5.74) is 2.24. The lowest BCUT2D eigenvalue weighted by atomic mass is 9.79. The SMILES string of the molecule is CNS(=O)(=O)O[C@@H]1C[C@H](Nc2ncncc2C(=O)c2cc([C@]3(C4=CCCCC4)CCCO3)cs2)C[C@@H]1O. The standard InChI is InChI=1S/C25H32N4O6S2/c1-26-37(32,33)35-21-12-18(11-20(21)30)29-24-19(13-27-15-28-24)23(31)22-10-17(14-36-22)25(8-5-9-34-25)16-6-3-2-4-7-16/h6,10,13-15,18,20-21,26,30H,2-5,7-9,11-12H2,1H3,(H,27,28,29)/t18-,20+,21-,25-/m1/s1. The molecular formula is C25H32N4O6S2. The van der Waals surface area contributed by atoms with E-state index in [2.05, 4.69) is 26.1 Å². The first-order valence-corrected chi connectivity index (χ1v) is 14.9. The highest BCUT2D eigenvalue weighted by Gasteiger charge is 2.42. The molecule has 0 aromatic carbocycles. The minimum absolute atomic E-state index is 0.200. The summed E-state index contributed by atoms with van der Waals surface area (Å²) in [6.07, 6.45) is 10.1. The van der Waals surface area contributed by atoms with Gasteiger partial charge in [-0.3, -0.25) is 8.98 Å². The first-order chi connectivity index (χ1) is 17.8. The Bertz CT molecular complexity index is 1270. The van der Waals surface area contributed by atoms with Crippen molar-refractivity contribution in [1.82, 2.24) is 14.7 Å². The van der Waals surface area contributed by atoms with E-state index in [9.17, 15) is 18.3 Å². The van der Waals surface area contributed by atoms with Gasteiger partial charge in [-0.1, -0.05) is 6.08 Å². The van der Waals surface area contributed by atoms with Gasteiger partial charge in [0.2, 0.25) is 5.78 Å². The highest BCUT2D eigenvalue weighted by molar-refractivity contribution is 7.84. The Labute approximate surface area is 220 Å². The number of allylic oxidation sites excluding steroid dienone is 1. The van der Waals surface area contributed by atoms with Crippen LogP contribution in [0.1, 0.15) is 72.2 Å². The molecule has 10 nitrogen and oxygen atoms in total. The summed E-state index contributed by atoms with van der Waals surface area (Å²) in [5.74, 6) is 0.139. The average Bonchev–Trinajstić information content (AvgIpc) is 3.66. The normalized spacial score (nSPS) is 28.3. The van der Waals surface area contributed by atoms with Crippen LogP contribution in [0.3, 0.4) is 0 Å². The Hall–Kier alpha value is -2.22. The minimum Gasteiger partial charge on any atom is -0.390 e. The summed E-state index contributed by atoms with van der Waals surface area (Å²) >= 11 is 1.39. The number of hydrogen-bond acceptors (Lipinski definition) is 10. The van der Waals surface area contributed by atoms with Gasteiger partial charge >= 0.3 is 10.3 Å². The second-order valence-electron chi connectivity index (χ2n) is 9.74. The number of carbonyl (C=O) groups is 1. The highest BCUT2D eigenvalue weighted by atomic mass is 32.2. The number of hydrogen-bond donors (Lipinski definition) is 3. The highest BCUT2D eigenvalue weighted by Crippen LogP contribution is 2.47. The molecule has 37 heavy (non-hydrogen) atoms. The second-order valence-corrected chi connectivity index (χ2v) is 12.2. The number of thiophene rings is 1. The zero-order valence-electron chi connectivity index (χ0n) is 20.7. The van der Waals surface area contributed by atoms with Crippen molar-refractivity contribution in [2.75, 3.05) is 19.0 Å². The lowest BCUT2D eigenvalue weighted by Crippen LogP contribution is -2.31. The van der Waals surface area contributed by atoms with Crippen LogP contribution >= 0.6 is 11.3 Å². The molecule has 0 spiro atoms. The summed E-state index contributed by atoms with van der Waals surface area (Å²) in [4.78, 5) is 22.5.